The number of hydrogen-bond acceptors (Lipinski definition) is 2. The Morgan fingerprint density at radius 1 is 1.11 bits per heavy atom. The zero-order valence-corrected chi connectivity index (χ0v) is 17.1. The molecule has 0 atom stereocenters. The number of para-hydroxylation sites is 1. The Kier molecular flexibility index (Phi) is 5.27. The van der Waals surface area contributed by atoms with Gasteiger partial charge in [-0.05, 0) is 57.1 Å². The summed E-state index contributed by atoms with van der Waals surface area (Å²) in [5.74, 6) is 0. The highest BCUT2D eigenvalue weighted by Gasteiger charge is 2.30. The van der Waals surface area contributed by atoms with Gasteiger partial charge in [0.05, 0.1) is 11.0 Å². The van der Waals surface area contributed by atoms with Gasteiger partial charge < -0.3 is 4.57 Å². The van der Waals surface area contributed by atoms with Gasteiger partial charge in [-0.3, -0.25) is 14.2 Å². The summed E-state index contributed by atoms with van der Waals surface area (Å²) in [5, 5.41) is 0. The summed E-state index contributed by atoms with van der Waals surface area (Å²) in [4.78, 5) is 25.5. The van der Waals surface area contributed by atoms with Gasteiger partial charge in [0.2, 0.25) is 0 Å². The van der Waals surface area contributed by atoms with E-state index in [1.807, 2.05) is 12.1 Å². The van der Waals surface area contributed by atoms with Crippen LogP contribution in [0, 0.1) is 0 Å². The predicted molar refractivity (Wildman–Crippen MR) is 113 cm³/mol. The van der Waals surface area contributed by atoms with Crippen molar-refractivity contribution in [3.63, 3.8) is 0 Å². The molecule has 0 amide bonds. The van der Waals surface area contributed by atoms with Crippen molar-refractivity contribution >= 4 is 11.0 Å². The van der Waals surface area contributed by atoms with Crippen LogP contribution >= 0.6 is 0 Å². The van der Waals surface area contributed by atoms with Crippen molar-refractivity contribution in [3.8, 4) is 0 Å². The maximum Gasteiger partial charge on any atom is 0.317 e. The van der Waals surface area contributed by atoms with Crippen molar-refractivity contribution in [3.05, 3.63) is 67.8 Å². The normalized spacial score (nSPS) is 15.8. The second kappa shape index (κ2) is 7.34. The van der Waals surface area contributed by atoms with E-state index in [1.165, 1.54) is 11.1 Å². The van der Waals surface area contributed by atoms with Gasteiger partial charge in [-0.1, -0.05) is 49.3 Å². The third-order valence-electron chi connectivity index (χ3n) is 5.65. The summed E-state index contributed by atoms with van der Waals surface area (Å²) in [5.41, 5.74) is 4.67. The van der Waals surface area contributed by atoms with Gasteiger partial charge in [-0.25, -0.2) is 0 Å². The van der Waals surface area contributed by atoms with Crippen LogP contribution in [0.4, 0.5) is 0 Å². The van der Waals surface area contributed by atoms with Crippen molar-refractivity contribution in [2.24, 2.45) is 0 Å². The van der Waals surface area contributed by atoms with Crippen LogP contribution in [0.15, 0.2) is 51.1 Å². The first-order valence-corrected chi connectivity index (χ1v) is 9.78. The van der Waals surface area contributed by atoms with Gasteiger partial charge in [-0.15, -0.1) is 0 Å². The van der Waals surface area contributed by atoms with Crippen LogP contribution in [-0.2, 0) is 18.5 Å². The highest BCUT2D eigenvalue weighted by molar-refractivity contribution is 5.81. The molecule has 1 aliphatic rings. The quantitative estimate of drug-likeness (QED) is 0.576. The number of benzene rings is 1. The van der Waals surface area contributed by atoms with Crippen LogP contribution in [0.5, 0.6) is 0 Å². The van der Waals surface area contributed by atoms with Crippen LogP contribution in [0.2, 0.25) is 0 Å². The Balaban J connectivity index is 2.07. The lowest BCUT2D eigenvalue weighted by molar-refractivity contribution is 0.414. The molecule has 0 N–H and O–H groups in total. The molecule has 1 aliphatic heterocycles. The lowest BCUT2D eigenvalue weighted by Gasteiger charge is -2.33. The van der Waals surface area contributed by atoms with Gasteiger partial charge in [0.1, 0.15) is 0 Å². The zero-order valence-electron chi connectivity index (χ0n) is 17.1. The van der Waals surface area contributed by atoms with E-state index in [9.17, 15) is 9.59 Å². The molecule has 144 valence electrons. The van der Waals surface area contributed by atoms with Gasteiger partial charge >= 0.3 is 11.1 Å². The Morgan fingerprint density at radius 3 is 2.56 bits per heavy atom. The monoisotopic (exact) mass is 366 g/mol. The molecule has 0 saturated heterocycles. The summed E-state index contributed by atoms with van der Waals surface area (Å²) in [6, 6.07) is 6.05. The fourth-order valence-electron chi connectivity index (χ4n) is 3.88. The topological polar surface area (TPSA) is 44.0 Å². The summed E-state index contributed by atoms with van der Waals surface area (Å²) < 4.78 is 3.32. The molecule has 4 nitrogen and oxygen atoms in total. The van der Waals surface area contributed by atoms with Crippen LogP contribution in [-0.4, -0.2) is 9.13 Å². The Labute approximate surface area is 160 Å². The van der Waals surface area contributed by atoms with Crippen molar-refractivity contribution in [2.45, 2.75) is 72.4 Å². The Hall–Kier alpha value is -2.36. The summed E-state index contributed by atoms with van der Waals surface area (Å²) in [6.07, 6.45) is 7.13. The summed E-state index contributed by atoms with van der Waals surface area (Å²) in [7, 11) is 0. The molecule has 0 saturated carbocycles. The van der Waals surface area contributed by atoms with Crippen molar-refractivity contribution in [2.75, 3.05) is 0 Å². The smallest absolute Gasteiger partial charge is 0.302 e. The largest absolute Gasteiger partial charge is 0.317 e. The number of aromatic nitrogens is 2. The lowest BCUT2D eigenvalue weighted by atomic mass is 9.78. The molecule has 0 aliphatic carbocycles. The molecule has 4 heteroatoms. The second-order valence-electron chi connectivity index (χ2n) is 8.55. The van der Waals surface area contributed by atoms with E-state index in [0.29, 0.717) is 13.1 Å². The van der Waals surface area contributed by atoms with E-state index < -0.39 is 11.1 Å². The number of hydrogen-bond donors (Lipinski definition) is 0. The maximum atomic E-state index is 12.8. The zero-order chi connectivity index (χ0) is 19.8. The van der Waals surface area contributed by atoms with E-state index >= 15 is 0 Å². The molecule has 2 heterocycles. The molecule has 27 heavy (non-hydrogen) atoms. The van der Waals surface area contributed by atoms with Crippen molar-refractivity contribution < 1.29 is 0 Å². The van der Waals surface area contributed by atoms with Gasteiger partial charge in [0.15, 0.2) is 0 Å². The summed E-state index contributed by atoms with van der Waals surface area (Å²) >= 11 is 0. The molecule has 0 radical (unpaired) electrons. The minimum atomic E-state index is -0.423. The van der Waals surface area contributed by atoms with Crippen LogP contribution in [0.25, 0.3) is 11.0 Å². The Morgan fingerprint density at radius 2 is 1.85 bits per heavy atom. The van der Waals surface area contributed by atoms with Crippen LogP contribution in [0.3, 0.4) is 0 Å². The molecule has 0 spiro atoms. The third kappa shape index (κ3) is 3.71. The minimum absolute atomic E-state index is 0.00425. The summed E-state index contributed by atoms with van der Waals surface area (Å²) in [6.45, 7) is 11.7. The first-order valence-electron chi connectivity index (χ1n) is 9.78. The maximum absolute atomic E-state index is 12.8. The number of allylic oxidation sites excluding steroid dienone is 4. The first-order chi connectivity index (χ1) is 12.7. The first kappa shape index (κ1) is 19.4. The SMILES string of the molecule is CC(C)=CCCC(C)=CCn1c(=O)c(=O)n2c3c(cccc31)C(C)(C)CC2. The van der Waals surface area contributed by atoms with Crippen LogP contribution < -0.4 is 11.1 Å². The number of rotatable bonds is 5. The van der Waals surface area contributed by atoms with E-state index in [2.05, 4.69) is 52.8 Å². The van der Waals surface area contributed by atoms with E-state index in [1.54, 1.807) is 9.13 Å². The lowest BCUT2D eigenvalue weighted by Crippen LogP contribution is -2.44. The van der Waals surface area contributed by atoms with Gasteiger partial charge in [0.25, 0.3) is 0 Å². The van der Waals surface area contributed by atoms with Crippen molar-refractivity contribution in [1.29, 1.82) is 0 Å². The standard InChI is InChI=1S/C23H30N2O2/c1-16(2)8-6-9-17(3)12-14-24-19-11-7-10-18-20(19)25(22(27)21(24)26)15-13-23(18,4)5/h7-8,10-12H,6,9,13-15H2,1-5H3. The Bertz CT molecular complexity index is 1040. The molecule has 0 bridgehead atoms. The average Bonchev–Trinajstić information content (AvgIpc) is 2.60. The molecule has 1 aromatic carbocycles. The molecule has 0 fully saturated rings. The van der Waals surface area contributed by atoms with E-state index in [-0.39, 0.29) is 5.41 Å². The van der Waals surface area contributed by atoms with Gasteiger partial charge in [0, 0.05) is 13.1 Å². The fourth-order valence-corrected chi connectivity index (χ4v) is 3.88. The third-order valence-corrected chi connectivity index (χ3v) is 5.65. The molecule has 3 rings (SSSR count). The minimum Gasteiger partial charge on any atom is -0.302 e. The fraction of sp³-hybridized carbons (Fsp3) is 0.478. The molecular formula is C23H30N2O2. The van der Waals surface area contributed by atoms with Crippen molar-refractivity contribution in [1.82, 2.24) is 9.13 Å². The second-order valence-corrected chi connectivity index (χ2v) is 8.55. The molecule has 1 aromatic heterocycles. The molecule has 2 aromatic rings. The highest BCUT2D eigenvalue weighted by atomic mass is 16.2. The number of aryl methyl sites for hydroxylation is 1. The van der Waals surface area contributed by atoms with Crippen LogP contribution in [0.1, 0.15) is 59.4 Å². The highest BCUT2D eigenvalue weighted by Crippen LogP contribution is 2.36. The van der Waals surface area contributed by atoms with E-state index in [4.69, 9.17) is 0 Å². The van der Waals surface area contributed by atoms with E-state index in [0.717, 1.165) is 35.9 Å². The molecular weight excluding hydrogens is 336 g/mol. The number of nitrogens with zero attached hydrogens (tertiary/aromatic N) is 2. The molecule has 0 unspecified atom stereocenters. The van der Waals surface area contributed by atoms with Gasteiger partial charge in [-0.2, -0.15) is 0 Å². The average molecular weight is 367 g/mol. The predicted octanol–water partition coefficient (Wildman–Crippen LogP) is 4.54.